The number of benzene rings is 1. The van der Waals surface area contributed by atoms with Crippen LogP contribution in [0.15, 0.2) is 40.7 Å². The van der Waals surface area contributed by atoms with E-state index in [0.717, 1.165) is 22.9 Å². The van der Waals surface area contributed by atoms with Gasteiger partial charge >= 0.3 is 0 Å². The summed E-state index contributed by atoms with van der Waals surface area (Å²) in [5.41, 5.74) is 2.02. The highest BCUT2D eigenvalue weighted by Gasteiger charge is 2.11. The van der Waals surface area contributed by atoms with E-state index in [0.29, 0.717) is 19.0 Å². The van der Waals surface area contributed by atoms with Gasteiger partial charge in [-0.3, -0.25) is 0 Å². The second-order valence-electron chi connectivity index (χ2n) is 6.63. The van der Waals surface area contributed by atoms with E-state index in [9.17, 15) is 5.11 Å². The van der Waals surface area contributed by atoms with Crippen LogP contribution in [-0.4, -0.2) is 55.9 Å². The Hall–Kier alpha value is -2.16. The van der Waals surface area contributed by atoms with Crippen LogP contribution >= 0.6 is 11.3 Å². The van der Waals surface area contributed by atoms with Crippen molar-refractivity contribution >= 4 is 22.4 Å². The maximum absolute atomic E-state index is 10.2. The standard InChI is InChI=1S/C20H31N5O2S/c1-5-21-19(22-11-17-14-28-20(24-17)25(3)4)23-12-18(26)13-27-15(2)16-9-7-6-8-10-16/h6-10,14-15,18,26H,5,11-13H2,1-4H3,(H2,21,22,23). The fraction of sp³-hybridized carbons (Fsp3) is 0.500. The van der Waals surface area contributed by atoms with E-state index in [1.807, 2.05) is 68.6 Å². The van der Waals surface area contributed by atoms with E-state index in [1.54, 1.807) is 11.3 Å². The zero-order valence-electron chi connectivity index (χ0n) is 17.1. The van der Waals surface area contributed by atoms with Crippen LogP contribution in [0.4, 0.5) is 5.13 Å². The second kappa shape index (κ2) is 11.6. The van der Waals surface area contributed by atoms with E-state index < -0.39 is 6.10 Å². The van der Waals surface area contributed by atoms with Crippen molar-refractivity contribution in [3.63, 3.8) is 0 Å². The summed E-state index contributed by atoms with van der Waals surface area (Å²) in [7, 11) is 3.94. The molecule has 154 valence electrons. The van der Waals surface area contributed by atoms with Gasteiger partial charge < -0.3 is 25.4 Å². The molecular weight excluding hydrogens is 374 g/mol. The number of aliphatic imine (C=N–C) groups is 1. The van der Waals surface area contributed by atoms with Crippen LogP contribution in [0.25, 0.3) is 0 Å². The summed E-state index contributed by atoms with van der Waals surface area (Å²) in [6.07, 6.45) is -0.692. The molecule has 1 aromatic heterocycles. The van der Waals surface area contributed by atoms with E-state index in [4.69, 9.17) is 4.74 Å². The second-order valence-corrected chi connectivity index (χ2v) is 7.47. The normalized spacial score (nSPS) is 13.8. The Morgan fingerprint density at radius 3 is 2.68 bits per heavy atom. The number of guanidine groups is 1. The smallest absolute Gasteiger partial charge is 0.191 e. The predicted octanol–water partition coefficient (Wildman–Crippen LogP) is 2.40. The molecule has 1 heterocycles. The van der Waals surface area contributed by atoms with Gasteiger partial charge in [-0.15, -0.1) is 11.3 Å². The Balaban J connectivity index is 1.79. The number of ether oxygens (including phenoxy) is 1. The van der Waals surface area contributed by atoms with E-state index in [1.165, 1.54) is 0 Å². The highest BCUT2D eigenvalue weighted by atomic mass is 32.1. The molecule has 0 aliphatic carbocycles. The first-order chi connectivity index (χ1) is 13.5. The van der Waals surface area contributed by atoms with Gasteiger partial charge in [-0.25, -0.2) is 9.98 Å². The summed E-state index contributed by atoms with van der Waals surface area (Å²) >= 11 is 1.60. The maximum atomic E-state index is 10.2. The molecular formula is C20H31N5O2S. The number of aliphatic hydroxyl groups excluding tert-OH is 1. The minimum Gasteiger partial charge on any atom is -0.389 e. The summed E-state index contributed by atoms with van der Waals surface area (Å²) < 4.78 is 5.77. The van der Waals surface area contributed by atoms with E-state index >= 15 is 0 Å². The number of rotatable bonds is 10. The first-order valence-corrected chi connectivity index (χ1v) is 10.4. The summed E-state index contributed by atoms with van der Waals surface area (Å²) in [6, 6.07) is 9.98. The van der Waals surface area contributed by atoms with Crippen molar-refractivity contribution in [3.05, 3.63) is 47.0 Å². The molecule has 0 aliphatic rings. The third kappa shape index (κ3) is 7.46. The highest BCUT2D eigenvalue weighted by molar-refractivity contribution is 7.13. The Kier molecular flexibility index (Phi) is 9.19. The van der Waals surface area contributed by atoms with Gasteiger partial charge in [-0.05, 0) is 19.4 Å². The molecule has 0 radical (unpaired) electrons. The lowest BCUT2D eigenvalue weighted by molar-refractivity contribution is -0.000599. The average molecular weight is 406 g/mol. The summed E-state index contributed by atoms with van der Waals surface area (Å²) in [6.45, 7) is 5.82. The number of nitrogens with one attached hydrogen (secondary N) is 2. The Labute approximate surface area is 171 Å². The van der Waals surface area contributed by atoms with Crippen LogP contribution < -0.4 is 15.5 Å². The molecule has 7 nitrogen and oxygen atoms in total. The van der Waals surface area contributed by atoms with Crippen LogP contribution in [-0.2, 0) is 11.3 Å². The van der Waals surface area contributed by atoms with Crippen LogP contribution in [0.2, 0.25) is 0 Å². The van der Waals surface area contributed by atoms with Gasteiger partial charge in [0.2, 0.25) is 0 Å². The van der Waals surface area contributed by atoms with Gasteiger partial charge in [0.1, 0.15) is 0 Å². The van der Waals surface area contributed by atoms with Gasteiger partial charge in [0, 0.05) is 32.6 Å². The van der Waals surface area contributed by atoms with Crippen LogP contribution in [0.1, 0.15) is 31.2 Å². The summed E-state index contributed by atoms with van der Waals surface area (Å²) in [4.78, 5) is 11.0. The molecule has 2 atom stereocenters. The van der Waals surface area contributed by atoms with Gasteiger partial charge in [0.15, 0.2) is 11.1 Å². The zero-order valence-corrected chi connectivity index (χ0v) is 17.9. The number of aromatic nitrogens is 1. The fourth-order valence-corrected chi connectivity index (χ4v) is 3.17. The highest BCUT2D eigenvalue weighted by Crippen LogP contribution is 2.18. The van der Waals surface area contributed by atoms with Crippen LogP contribution in [0, 0.1) is 0 Å². The third-order valence-electron chi connectivity index (χ3n) is 3.98. The fourth-order valence-electron chi connectivity index (χ4n) is 2.43. The van der Waals surface area contributed by atoms with Crippen molar-refractivity contribution < 1.29 is 9.84 Å². The molecule has 0 aliphatic heterocycles. The maximum Gasteiger partial charge on any atom is 0.191 e. The first kappa shape index (κ1) is 22.1. The summed E-state index contributed by atoms with van der Waals surface area (Å²) in [5, 5.41) is 19.5. The van der Waals surface area contributed by atoms with Crippen LogP contribution in [0.5, 0.6) is 0 Å². The molecule has 0 bridgehead atoms. The van der Waals surface area contributed by atoms with Crippen molar-refractivity contribution in [1.82, 2.24) is 15.6 Å². The molecule has 0 amide bonds. The lowest BCUT2D eigenvalue weighted by Gasteiger charge is -2.18. The average Bonchev–Trinajstić information content (AvgIpc) is 3.18. The minimum atomic E-state index is -0.630. The molecule has 8 heteroatoms. The molecule has 0 saturated heterocycles. The van der Waals surface area contributed by atoms with Crippen molar-refractivity contribution in [2.75, 3.05) is 38.7 Å². The van der Waals surface area contributed by atoms with Crippen LogP contribution in [0.3, 0.4) is 0 Å². The quantitative estimate of drug-likeness (QED) is 0.416. The molecule has 28 heavy (non-hydrogen) atoms. The largest absolute Gasteiger partial charge is 0.389 e. The van der Waals surface area contributed by atoms with E-state index in [2.05, 4.69) is 20.6 Å². The number of anilines is 1. The Morgan fingerprint density at radius 2 is 2.04 bits per heavy atom. The zero-order chi connectivity index (χ0) is 20.4. The first-order valence-electron chi connectivity index (χ1n) is 9.48. The Bertz CT molecular complexity index is 720. The van der Waals surface area contributed by atoms with Crippen molar-refractivity contribution in [1.29, 1.82) is 0 Å². The number of aliphatic hydroxyl groups is 1. The van der Waals surface area contributed by atoms with E-state index in [-0.39, 0.29) is 12.7 Å². The Morgan fingerprint density at radius 1 is 1.29 bits per heavy atom. The van der Waals surface area contributed by atoms with Crippen molar-refractivity contribution in [2.24, 2.45) is 4.99 Å². The lowest BCUT2D eigenvalue weighted by atomic mass is 10.1. The van der Waals surface area contributed by atoms with Crippen molar-refractivity contribution in [2.45, 2.75) is 32.6 Å². The predicted molar refractivity (Wildman–Crippen MR) is 116 cm³/mol. The minimum absolute atomic E-state index is 0.0617. The molecule has 1 aromatic carbocycles. The number of nitrogens with zero attached hydrogens (tertiary/aromatic N) is 3. The molecule has 0 spiro atoms. The molecule has 2 rings (SSSR count). The van der Waals surface area contributed by atoms with Gasteiger partial charge in [0.25, 0.3) is 0 Å². The molecule has 2 aromatic rings. The van der Waals surface area contributed by atoms with Gasteiger partial charge in [-0.1, -0.05) is 30.3 Å². The number of thiazole rings is 1. The molecule has 2 unspecified atom stereocenters. The molecule has 0 saturated carbocycles. The number of hydrogen-bond acceptors (Lipinski definition) is 6. The topological polar surface area (TPSA) is 82.0 Å². The van der Waals surface area contributed by atoms with Gasteiger partial charge in [0.05, 0.1) is 31.1 Å². The van der Waals surface area contributed by atoms with Gasteiger partial charge in [-0.2, -0.15) is 0 Å². The summed E-state index contributed by atoms with van der Waals surface area (Å²) in [5.74, 6) is 0.650. The van der Waals surface area contributed by atoms with Crippen molar-refractivity contribution in [3.8, 4) is 0 Å². The third-order valence-corrected chi connectivity index (χ3v) is 5.04. The lowest BCUT2D eigenvalue weighted by Crippen LogP contribution is -2.42. The number of hydrogen-bond donors (Lipinski definition) is 3. The monoisotopic (exact) mass is 405 g/mol. The SMILES string of the molecule is CCNC(=NCc1csc(N(C)C)n1)NCC(O)COC(C)c1ccccc1. The molecule has 3 N–H and O–H groups in total. The molecule has 0 fully saturated rings.